The van der Waals surface area contributed by atoms with Crippen LogP contribution in [0.2, 0.25) is 0 Å². The standard InChI is InChI=1S/C16H19NO6S/c18-15(17-6-8-24(21,22)10-13(17)16(19)20)9-14-12-4-2-1-3-11(12)5-7-23-14/h1-4,13-14H,5-10H2,(H,19,20). The molecule has 1 aromatic carbocycles. The fourth-order valence-corrected chi connectivity index (χ4v) is 4.68. The van der Waals surface area contributed by atoms with Gasteiger partial charge >= 0.3 is 5.97 Å². The van der Waals surface area contributed by atoms with Gasteiger partial charge in [-0.25, -0.2) is 13.2 Å². The van der Waals surface area contributed by atoms with Crippen molar-refractivity contribution in [3.63, 3.8) is 0 Å². The van der Waals surface area contributed by atoms with E-state index in [2.05, 4.69) is 0 Å². The van der Waals surface area contributed by atoms with Crippen LogP contribution in [0.25, 0.3) is 0 Å². The molecule has 2 atom stereocenters. The lowest BCUT2D eigenvalue weighted by atomic mass is 9.95. The molecule has 1 amide bonds. The highest BCUT2D eigenvalue weighted by Gasteiger charge is 2.39. The van der Waals surface area contributed by atoms with Gasteiger partial charge in [0.15, 0.2) is 9.84 Å². The molecule has 1 N–H and O–H groups in total. The van der Waals surface area contributed by atoms with Gasteiger partial charge in [-0.15, -0.1) is 0 Å². The van der Waals surface area contributed by atoms with E-state index in [1.165, 1.54) is 0 Å². The van der Waals surface area contributed by atoms with Crippen LogP contribution in [0.1, 0.15) is 23.7 Å². The second-order valence-corrected chi connectivity index (χ2v) is 8.30. The number of benzene rings is 1. The molecule has 0 saturated carbocycles. The first-order valence-electron chi connectivity index (χ1n) is 7.79. The van der Waals surface area contributed by atoms with E-state index in [9.17, 15) is 23.1 Å². The predicted molar refractivity (Wildman–Crippen MR) is 85.2 cm³/mol. The molecule has 130 valence electrons. The normalized spacial score (nSPS) is 25.8. The number of amides is 1. The molecule has 0 aliphatic carbocycles. The summed E-state index contributed by atoms with van der Waals surface area (Å²) in [5, 5.41) is 9.26. The summed E-state index contributed by atoms with van der Waals surface area (Å²) in [6, 6.07) is 6.37. The molecular weight excluding hydrogens is 334 g/mol. The number of carboxylic acids is 1. The van der Waals surface area contributed by atoms with E-state index in [1.807, 2.05) is 24.3 Å². The Morgan fingerprint density at radius 2 is 2.04 bits per heavy atom. The molecular formula is C16H19NO6S. The summed E-state index contributed by atoms with van der Waals surface area (Å²) in [4.78, 5) is 25.1. The van der Waals surface area contributed by atoms with E-state index in [4.69, 9.17) is 4.74 Å². The zero-order valence-corrected chi connectivity index (χ0v) is 13.9. The Kier molecular flexibility index (Phi) is 4.60. The van der Waals surface area contributed by atoms with Crippen molar-refractivity contribution in [3.8, 4) is 0 Å². The van der Waals surface area contributed by atoms with Crippen LogP contribution in [0.3, 0.4) is 0 Å². The molecule has 8 heteroatoms. The first-order valence-corrected chi connectivity index (χ1v) is 9.61. The fraction of sp³-hybridized carbons (Fsp3) is 0.500. The number of hydrogen-bond donors (Lipinski definition) is 1. The second kappa shape index (κ2) is 6.52. The van der Waals surface area contributed by atoms with Crippen LogP contribution in [0.4, 0.5) is 0 Å². The van der Waals surface area contributed by atoms with Crippen molar-refractivity contribution < 1.29 is 27.9 Å². The third-order valence-corrected chi connectivity index (χ3v) is 6.12. The van der Waals surface area contributed by atoms with Gasteiger partial charge in [0.05, 0.1) is 30.6 Å². The molecule has 0 aromatic heterocycles. The van der Waals surface area contributed by atoms with E-state index in [0.717, 1.165) is 22.4 Å². The summed E-state index contributed by atoms with van der Waals surface area (Å²) in [7, 11) is -3.43. The fourth-order valence-electron chi connectivity index (χ4n) is 3.23. The molecule has 2 unspecified atom stereocenters. The van der Waals surface area contributed by atoms with Gasteiger partial charge in [-0.05, 0) is 17.5 Å². The molecule has 0 spiro atoms. The summed E-state index contributed by atoms with van der Waals surface area (Å²) < 4.78 is 29.0. The van der Waals surface area contributed by atoms with Crippen molar-refractivity contribution in [1.82, 2.24) is 4.90 Å². The second-order valence-electron chi connectivity index (χ2n) is 6.07. The SMILES string of the molecule is O=C(O)C1CS(=O)(=O)CCN1C(=O)CC1OCCc2ccccc21. The van der Waals surface area contributed by atoms with Crippen LogP contribution in [0.5, 0.6) is 0 Å². The summed E-state index contributed by atoms with van der Waals surface area (Å²) in [6.45, 7) is 0.415. The molecule has 1 saturated heterocycles. The van der Waals surface area contributed by atoms with Gasteiger partial charge in [-0.3, -0.25) is 4.79 Å². The highest BCUT2D eigenvalue weighted by atomic mass is 32.2. The number of nitrogens with zero attached hydrogens (tertiary/aromatic N) is 1. The Morgan fingerprint density at radius 3 is 2.79 bits per heavy atom. The van der Waals surface area contributed by atoms with Crippen LogP contribution in [0, 0.1) is 0 Å². The number of carboxylic acid groups (broad SMARTS) is 1. The lowest BCUT2D eigenvalue weighted by Gasteiger charge is -2.34. The molecule has 24 heavy (non-hydrogen) atoms. The van der Waals surface area contributed by atoms with E-state index in [1.54, 1.807) is 0 Å². The Morgan fingerprint density at radius 1 is 1.29 bits per heavy atom. The van der Waals surface area contributed by atoms with Crippen molar-refractivity contribution in [2.24, 2.45) is 0 Å². The molecule has 1 aromatic rings. The number of carbonyl (C=O) groups is 2. The van der Waals surface area contributed by atoms with Gasteiger partial charge in [0.2, 0.25) is 5.91 Å². The van der Waals surface area contributed by atoms with E-state index < -0.39 is 33.7 Å². The Hall–Kier alpha value is -1.93. The predicted octanol–water partition coefficient (Wildman–Crippen LogP) is 0.401. The van der Waals surface area contributed by atoms with Crippen molar-refractivity contribution in [2.75, 3.05) is 24.7 Å². The van der Waals surface area contributed by atoms with Gasteiger partial charge < -0.3 is 14.7 Å². The maximum absolute atomic E-state index is 12.6. The van der Waals surface area contributed by atoms with Crippen LogP contribution < -0.4 is 0 Å². The minimum atomic E-state index is -3.43. The number of aliphatic carboxylic acids is 1. The minimum Gasteiger partial charge on any atom is -0.480 e. The first kappa shape index (κ1) is 16.9. The summed E-state index contributed by atoms with van der Waals surface area (Å²) in [6.07, 6.45) is 0.372. The number of fused-ring (bicyclic) bond motifs is 1. The summed E-state index contributed by atoms with van der Waals surface area (Å²) >= 11 is 0. The average molecular weight is 353 g/mol. The Labute approximate surface area is 140 Å². The lowest BCUT2D eigenvalue weighted by molar-refractivity contribution is -0.150. The number of sulfone groups is 1. The van der Waals surface area contributed by atoms with Crippen LogP contribution in [-0.2, 0) is 30.6 Å². The van der Waals surface area contributed by atoms with Crippen LogP contribution in [0.15, 0.2) is 24.3 Å². The van der Waals surface area contributed by atoms with Gasteiger partial charge in [-0.1, -0.05) is 24.3 Å². The third kappa shape index (κ3) is 3.44. The summed E-state index contributed by atoms with van der Waals surface area (Å²) in [5.41, 5.74) is 2.06. The third-order valence-electron chi connectivity index (χ3n) is 4.49. The van der Waals surface area contributed by atoms with Gasteiger partial charge in [-0.2, -0.15) is 0 Å². The highest BCUT2D eigenvalue weighted by molar-refractivity contribution is 7.91. The molecule has 3 rings (SSSR count). The quantitative estimate of drug-likeness (QED) is 0.844. The molecule has 0 radical (unpaired) electrons. The molecule has 2 aliphatic heterocycles. The highest BCUT2D eigenvalue weighted by Crippen LogP contribution is 2.30. The number of carbonyl (C=O) groups excluding carboxylic acids is 1. The van der Waals surface area contributed by atoms with Gasteiger partial charge in [0.1, 0.15) is 6.04 Å². The van der Waals surface area contributed by atoms with E-state index in [-0.39, 0.29) is 24.6 Å². The van der Waals surface area contributed by atoms with Gasteiger partial charge in [0, 0.05) is 6.54 Å². The number of rotatable bonds is 3. The molecule has 1 fully saturated rings. The Bertz CT molecular complexity index is 760. The van der Waals surface area contributed by atoms with Crippen molar-refractivity contribution >= 4 is 21.7 Å². The molecule has 0 bridgehead atoms. The van der Waals surface area contributed by atoms with Crippen LogP contribution in [-0.4, -0.2) is 61.0 Å². The van der Waals surface area contributed by atoms with Gasteiger partial charge in [0.25, 0.3) is 0 Å². The van der Waals surface area contributed by atoms with E-state index in [0.29, 0.717) is 6.61 Å². The summed E-state index contributed by atoms with van der Waals surface area (Å²) in [5.74, 6) is -2.42. The van der Waals surface area contributed by atoms with Crippen molar-refractivity contribution in [3.05, 3.63) is 35.4 Å². The Balaban J connectivity index is 1.76. The largest absolute Gasteiger partial charge is 0.480 e. The smallest absolute Gasteiger partial charge is 0.327 e. The van der Waals surface area contributed by atoms with Crippen molar-refractivity contribution in [1.29, 1.82) is 0 Å². The molecule has 2 heterocycles. The first-order chi connectivity index (χ1) is 11.4. The number of ether oxygens (including phenoxy) is 1. The lowest BCUT2D eigenvalue weighted by Crippen LogP contribution is -2.55. The maximum Gasteiger partial charge on any atom is 0.327 e. The number of hydrogen-bond acceptors (Lipinski definition) is 5. The van der Waals surface area contributed by atoms with Crippen molar-refractivity contribution in [2.45, 2.75) is 25.0 Å². The maximum atomic E-state index is 12.6. The van der Waals surface area contributed by atoms with Crippen LogP contribution >= 0.6 is 0 Å². The topological polar surface area (TPSA) is 101 Å². The zero-order chi connectivity index (χ0) is 17.3. The monoisotopic (exact) mass is 353 g/mol. The zero-order valence-electron chi connectivity index (χ0n) is 13.1. The minimum absolute atomic E-state index is 0.0147. The molecule has 7 nitrogen and oxygen atoms in total. The average Bonchev–Trinajstić information content (AvgIpc) is 2.54. The molecule has 2 aliphatic rings. The van der Waals surface area contributed by atoms with E-state index >= 15 is 0 Å².